The van der Waals surface area contributed by atoms with Crippen molar-refractivity contribution in [2.45, 2.75) is 12.8 Å². The van der Waals surface area contributed by atoms with Gasteiger partial charge in [-0.1, -0.05) is 48.0 Å². The van der Waals surface area contributed by atoms with Gasteiger partial charge in [-0.05, 0) is 35.7 Å². The molecular weight excluding hydrogens is 462 g/mol. The Hall–Kier alpha value is -3.97. The zero-order valence-corrected chi connectivity index (χ0v) is 20.4. The Balaban J connectivity index is 1.63. The predicted molar refractivity (Wildman–Crippen MR) is 141 cm³/mol. The number of hydrogen-bond donors (Lipinski definition) is 1. The molecule has 0 amide bonds. The summed E-state index contributed by atoms with van der Waals surface area (Å²) in [6, 6.07) is 18.0. The lowest BCUT2D eigenvalue weighted by molar-refractivity contribution is -0.107. The summed E-state index contributed by atoms with van der Waals surface area (Å²) in [5.74, 6) is 1.05. The molecule has 1 N–H and O–H groups in total. The highest BCUT2D eigenvalue weighted by atomic mass is 35.5. The van der Waals surface area contributed by atoms with E-state index in [-0.39, 0.29) is 0 Å². The molecule has 0 aliphatic carbocycles. The molecule has 35 heavy (non-hydrogen) atoms. The van der Waals surface area contributed by atoms with Crippen molar-refractivity contribution in [3.63, 3.8) is 0 Å². The Labute approximate surface area is 209 Å². The molecule has 4 rings (SSSR count). The quantitative estimate of drug-likeness (QED) is 0.216. The summed E-state index contributed by atoms with van der Waals surface area (Å²) in [6.07, 6.45) is 7.31. The molecule has 0 bridgehead atoms. The summed E-state index contributed by atoms with van der Waals surface area (Å²) in [5, 5.41) is 3.64. The van der Waals surface area contributed by atoms with Gasteiger partial charge in [-0.3, -0.25) is 4.98 Å². The first-order valence-electron chi connectivity index (χ1n) is 11.2. The van der Waals surface area contributed by atoms with E-state index in [9.17, 15) is 4.79 Å². The minimum absolute atomic E-state index is 0.388. The van der Waals surface area contributed by atoms with Crippen LogP contribution in [0.2, 0.25) is 5.02 Å². The third kappa shape index (κ3) is 5.94. The van der Waals surface area contributed by atoms with E-state index in [0.29, 0.717) is 28.8 Å². The van der Waals surface area contributed by atoms with Gasteiger partial charge >= 0.3 is 0 Å². The molecule has 2 heterocycles. The fraction of sp³-hybridized carbons (Fsp3) is 0.185. The van der Waals surface area contributed by atoms with Crippen LogP contribution in [0, 0.1) is 0 Å². The Bertz CT molecular complexity index is 1300. The molecule has 4 aromatic rings. The van der Waals surface area contributed by atoms with Gasteiger partial charge in [0.15, 0.2) is 0 Å². The van der Waals surface area contributed by atoms with Crippen molar-refractivity contribution < 1.29 is 9.53 Å². The molecule has 8 heteroatoms. The normalized spacial score (nSPS) is 10.6. The third-order valence-corrected chi connectivity index (χ3v) is 5.82. The molecule has 2 aromatic heterocycles. The molecule has 178 valence electrons. The van der Waals surface area contributed by atoms with Crippen LogP contribution in [0.1, 0.15) is 12.8 Å². The number of carbonyl (C=O) groups excluding carboxylic acids is 1. The molecule has 0 spiro atoms. The number of halogens is 1. The minimum Gasteiger partial charge on any atom is -0.496 e. The highest BCUT2D eigenvalue weighted by Crippen LogP contribution is 2.37. The van der Waals surface area contributed by atoms with Crippen molar-refractivity contribution in [3.05, 3.63) is 78.2 Å². The van der Waals surface area contributed by atoms with E-state index in [1.165, 1.54) is 0 Å². The molecular formula is C27H26ClN5O2. The van der Waals surface area contributed by atoms with E-state index in [0.717, 1.165) is 47.3 Å². The van der Waals surface area contributed by atoms with Crippen LogP contribution >= 0.6 is 11.6 Å². The SMILES string of the molecule is COc1ccc(-c2ccccc2)cc1-c1nc(Nc2cncc(N(C)CCCC=O)c2)ncc1Cl. The van der Waals surface area contributed by atoms with E-state index < -0.39 is 0 Å². The van der Waals surface area contributed by atoms with E-state index in [1.54, 1.807) is 25.7 Å². The van der Waals surface area contributed by atoms with Gasteiger partial charge in [0, 0.05) is 25.6 Å². The van der Waals surface area contributed by atoms with Crippen LogP contribution in [0.3, 0.4) is 0 Å². The van der Waals surface area contributed by atoms with E-state index in [2.05, 4.69) is 32.3 Å². The smallest absolute Gasteiger partial charge is 0.227 e. The predicted octanol–water partition coefficient (Wildman–Crippen LogP) is 6.03. The van der Waals surface area contributed by atoms with Gasteiger partial charge in [0.05, 0.1) is 47.8 Å². The average molecular weight is 488 g/mol. The van der Waals surface area contributed by atoms with E-state index in [1.807, 2.05) is 49.5 Å². The third-order valence-electron chi connectivity index (χ3n) is 5.54. The first kappa shape index (κ1) is 24.2. The molecule has 0 saturated heterocycles. The van der Waals surface area contributed by atoms with Gasteiger partial charge in [-0.2, -0.15) is 0 Å². The summed E-state index contributed by atoms with van der Waals surface area (Å²) in [4.78, 5) is 26.0. The van der Waals surface area contributed by atoms with Gasteiger partial charge in [0.2, 0.25) is 5.95 Å². The maximum Gasteiger partial charge on any atom is 0.227 e. The molecule has 0 unspecified atom stereocenters. The lowest BCUT2D eigenvalue weighted by Crippen LogP contribution is -2.18. The molecule has 0 atom stereocenters. The lowest BCUT2D eigenvalue weighted by Gasteiger charge is -2.19. The summed E-state index contributed by atoms with van der Waals surface area (Å²) in [7, 11) is 3.59. The van der Waals surface area contributed by atoms with Gasteiger partial charge in [0.25, 0.3) is 0 Å². The number of nitrogens with zero attached hydrogens (tertiary/aromatic N) is 4. The second-order valence-electron chi connectivity index (χ2n) is 7.96. The highest BCUT2D eigenvalue weighted by molar-refractivity contribution is 6.33. The number of hydrogen-bond acceptors (Lipinski definition) is 7. The standard InChI is InChI=1S/C27H26ClN5O2/c1-33(12-6-7-13-34)22-15-21(16-29-17-22)31-27-30-18-24(28)26(32-27)23-14-20(10-11-25(23)35-2)19-8-4-3-5-9-19/h3-5,8-11,13-18H,6-7,12H2,1-2H3,(H,30,31,32). The van der Waals surface area contributed by atoms with Crippen LogP contribution in [0.4, 0.5) is 17.3 Å². The van der Waals surface area contributed by atoms with Crippen molar-refractivity contribution >= 4 is 35.2 Å². The van der Waals surface area contributed by atoms with Crippen molar-refractivity contribution in [2.75, 3.05) is 30.9 Å². The van der Waals surface area contributed by atoms with Gasteiger partial charge < -0.3 is 19.7 Å². The number of aromatic nitrogens is 3. The molecule has 0 aliphatic rings. The van der Waals surface area contributed by atoms with Crippen molar-refractivity contribution in [1.82, 2.24) is 15.0 Å². The highest BCUT2D eigenvalue weighted by Gasteiger charge is 2.15. The zero-order valence-electron chi connectivity index (χ0n) is 19.6. The number of ether oxygens (including phenoxy) is 1. The summed E-state index contributed by atoms with van der Waals surface area (Å²) in [6.45, 7) is 0.753. The maximum atomic E-state index is 10.6. The van der Waals surface area contributed by atoms with Crippen LogP contribution in [-0.2, 0) is 4.79 Å². The zero-order chi connectivity index (χ0) is 24.6. The first-order valence-corrected chi connectivity index (χ1v) is 11.6. The second-order valence-corrected chi connectivity index (χ2v) is 8.37. The Morgan fingerprint density at radius 1 is 1.06 bits per heavy atom. The van der Waals surface area contributed by atoms with Gasteiger partial charge in [0.1, 0.15) is 12.0 Å². The number of rotatable bonds is 10. The fourth-order valence-corrected chi connectivity index (χ4v) is 3.89. The molecule has 0 radical (unpaired) electrons. The van der Waals surface area contributed by atoms with E-state index >= 15 is 0 Å². The van der Waals surface area contributed by atoms with Crippen LogP contribution < -0.4 is 15.0 Å². The van der Waals surface area contributed by atoms with Crippen molar-refractivity contribution in [3.8, 4) is 28.1 Å². The molecule has 0 saturated carbocycles. The number of unbranched alkanes of at least 4 members (excludes halogenated alkanes) is 1. The number of aldehydes is 1. The minimum atomic E-state index is 0.388. The fourth-order valence-electron chi connectivity index (χ4n) is 3.69. The molecule has 7 nitrogen and oxygen atoms in total. The number of methoxy groups -OCH3 is 1. The van der Waals surface area contributed by atoms with Crippen LogP contribution in [-0.4, -0.2) is 41.9 Å². The topological polar surface area (TPSA) is 80.2 Å². The Morgan fingerprint density at radius 2 is 1.89 bits per heavy atom. The van der Waals surface area contributed by atoms with Crippen LogP contribution in [0.15, 0.2) is 73.2 Å². The molecule has 0 aliphatic heterocycles. The number of benzene rings is 2. The summed E-state index contributed by atoms with van der Waals surface area (Å²) >= 11 is 6.54. The lowest BCUT2D eigenvalue weighted by atomic mass is 10.0. The average Bonchev–Trinajstić information content (AvgIpc) is 2.90. The summed E-state index contributed by atoms with van der Waals surface area (Å²) in [5.41, 5.74) is 5.11. The number of nitrogens with one attached hydrogen (secondary N) is 1. The van der Waals surface area contributed by atoms with Crippen molar-refractivity contribution in [1.29, 1.82) is 0 Å². The van der Waals surface area contributed by atoms with Crippen LogP contribution in [0.5, 0.6) is 5.75 Å². The molecule has 2 aromatic carbocycles. The van der Waals surface area contributed by atoms with E-state index in [4.69, 9.17) is 21.3 Å². The van der Waals surface area contributed by atoms with Crippen LogP contribution in [0.25, 0.3) is 22.4 Å². The molecule has 0 fully saturated rings. The second kappa shape index (κ2) is 11.4. The van der Waals surface area contributed by atoms with Gasteiger partial charge in [-0.15, -0.1) is 0 Å². The number of carbonyl (C=O) groups is 1. The number of pyridine rings is 1. The maximum absolute atomic E-state index is 10.6. The Kier molecular flexibility index (Phi) is 7.90. The van der Waals surface area contributed by atoms with Gasteiger partial charge in [-0.25, -0.2) is 9.97 Å². The summed E-state index contributed by atoms with van der Waals surface area (Å²) < 4.78 is 5.61. The number of anilines is 3. The first-order chi connectivity index (χ1) is 17.1. The monoisotopic (exact) mass is 487 g/mol. The Morgan fingerprint density at radius 3 is 2.66 bits per heavy atom. The largest absolute Gasteiger partial charge is 0.496 e. The van der Waals surface area contributed by atoms with Crippen molar-refractivity contribution in [2.24, 2.45) is 0 Å².